The first kappa shape index (κ1) is 16.2. The molecule has 110 valence electrons. The van der Waals surface area contributed by atoms with Gasteiger partial charge in [0.1, 0.15) is 0 Å². The average molecular weight is 307 g/mol. The first-order valence-corrected chi connectivity index (χ1v) is 9.83. The van der Waals surface area contributed by atoms with Gasteiger partial charge in [-0.05, 0) is 31.8 Å². The second-order valence-electron chi connectivity index (χ2n) is 5.07. The van der Waals surface area contributed by atoms with Crippen LogP contribution in [0.15, 0.2) is 21.6 Å². The lowest BCUT2D eigenvalue weighted by Crippen LogP contribution is -2.18. The lowest BCUT2D eigenvalue weighted by Gasteiger charge is -2.22. The Kier molecular flexibility index (Phi) is 4.84. The van der Waals surface area contributed by atoms with Crippen molar-refractivity contribution in [1.82, 2.24) is 4.90 Å². The Morgan fingerprint density at radius 2 is 1.47 bits per heavy atom. The molecule has 0 unspecified atom stereocenters. The van der Waals surface area contributed by atoms with Crippen LogP contribution in [0.2, 0.25) is 0 Å². The lowest BCUT2D eigenvalue weighted by molar-refractivity contribution is 0.472. The molecule has 0 N–H and O–H groups in total. The SMILES string of the molecule is CN(C)C1=C(S(C)(=O)=O)C=C(S(C)(=O)=O)CCCC1. The summed E-state index contributed by atoms with van der Waals surface area (Å²) in [5.41, 5.74) is 0.670. The van der Waals surface area contributed by atoms with E-state index in [0.717, 1.165) is 25.4 Å². The standard InChI is InChI=1S/C12H21NO4S2/c1-13(2)11-8-6-5-7-10(18(3,14)15)9-12(11)19(4,16)17/h9H,5-8H2,1-4H3. The fourth-order valence-corrected chi connectivity index (χ4v) is 4.06. The quantitative estimate of drug-likeness (QED) is 0.786. The van der Waals surface area contributed by atoms with Gasteiger partial charge in [-0.2, -0.15) is 0 Å². The molecule has 0 radical (unpaired) electrons. The molecule has 0 amide bonds. The van der Waals surface area contributed by atoms with Gasteiger partial charge in [0.25, 0.3) is 0 Å². The van der Waals surface area contributed by atoms with E-state index in [-0.39, 0.29) is 9.81 Å². The van der Waals surface area contributed by atoms with Crippen LogP contribution in [0.25, 0.3) is 0 Å². The molecule has 0 saturated carbocycles. The van der Waals surface area contributed by atoms with Gasteiger partial charge in [-0.15, -0.1) is 0 Å². The van der Waals surface area contributed by atoms with E-state index in [1.54, 1.807) is 19.0 Å². The molecule has 19 heavy (non-hydrogen) atoms. The van der Waals surface area contributed by atoms with Crippen molar-refractivity contribution in [3.63, 3.8) is 0 Å². The summed E-state index contributed by atoms with van der Waals surface area (Å²) in [5.74, 6) is 0. The van der Waals surface area contributed by atoms with Gasteiger partial charge in [0.2, 0.25) is 0 Å². The molecule has 0 heterocycles. The number of sulfone groups is 2. The zero-order valence-electron chi connectivity index (χ0n) is 11.8. The van der Waals surface area contributed by atoms with E-state index < -0.39 is 19.7 Å². The van der Waals surface area contributed by atoms with Gasteiger partial charge in [-0.25, -0.2) is 16.8 Å². The van der Waals surface area contributed by atoms with Crippen LogP contribution in [-0.2, 0) is 19.7 Å². The summed E-state index contributed by atoms with van der Waals surface area (Å²) in [6, 6.07) is 0. The van der Waals surface area contributed by atoms with Crippen molar-refractivity contribution in [2.75, 3.05) is 26.6 Å². The van der Waals surface area contributed by atoms with Crippen molar-refractivity contribution >= 4 is 19.7 Å². The fourth-order valence-electron chi connectivity index (χ4n) is 2.07. The number of rotatable bonds is 3. The molecule has 0 aliphatic heterocycles. The maximum atomic E-state index is 11.9. The van der Waals surface area contributed by atoms with Crippen LogP contribution >= 0.6 is 0 Å². The number of nitrogens with zero attached hydrogens (tertiary/aromatic N) is 1. The second kappa shape index (κ2) is 5.66. The Hall–Kier alpha value is -0.820. The second-order valence-corrected chi connectivity index (χ2v) is 9.12. The Bertz CT molecular complexity index is 610. The molecule has 1 aliphatic carbocycles. The van der Waals surface area contributed by atoms with Crippen LogP contribution in [0.1, 0.15) is 25.7 Å². The predicted molar refractivity (Wildman–Crippen MR) is 77.0 cm³/mol. The van der Waals surface area contributed by atoms with Gasteiger partial charge >= 0.3 is 0 Å². The van der Waals surface area contributed by atoms with Gasteiger partial charge in [0, 0.05) is 37.2 Å². The Morgan fingerprint density at radius 3 is 1.89 bits per heavy atom. The summed E-state index contributed by atoms with van der Waals surface area (Å²) in [6.07, 6.45) is 6.13. The molecule has 0 aromatic carbocycles. The highest BCUT2D eigenvalue weighted by molar-refractivity contribution is 7.95. The summed E-state index contributed by atoms with van der Waals surface area (Å²) >= 11 is 0. The molecule has 0 fully saturated rings. The Labute approximate surface area is 115 Å². The largest absolute Gasteiger partial charge is 0.380 e. The molecule has 0 spiro atoms. The topological polar surface area (TPSA) is 71.5 Å². The molecule has 0 aromatic rings. The Morgan fingerprint density at radius 1 is 0.947 bits per heavy atom. The summed E-state index contributed by atoms with van der Waals surface area (Å²) in [7, 11) is -3.27. The number of allylic oxidation sites excluding steroid dienone is 3. The number of hydrogen-bond donors (Lipinski definition) is 0. The van der Waals surface area contributed by atoms with E-state index in [0.29, 0.717) is 18.5 Å². The van der Waals surface area contributed by atoms with E-state index in [2.05, 4.69) is 0 Å². The van der Waals surface area contributed by atoms with Crippen molar-refractivity contribution < 1.29 is 16.8 Å². The number of hydrogen-bond acceptors (Lipinski definition) is 5. The predicted octanol–water partition coefficient (Wildman–Crippen LogP) is 1.31. The minimum absolute atomic E-state index is 0.123. The summed E-state index contributed by atoms with van der Waals surface area (Å²) in [4.78, 5) is 2.07. The van der Waals surface area contributed by atoms with Crippen LogP contribution in [0.3, 0.4) is 0 Å². The first-order valence-electron chi connectivity index (χ1n) is 6.04. The molecule has 5 nitrogen and oxygen atoms in total. The lowest BCUT2D eigenvalue weighted by atomic mass is 10.1. The smallest absolute Gasteiger partial charge is 0.177 e. The molecule has 0 atom stereocenters. The minimum atomic E-state index is -3.46. The zero-order chi connectivity index (χ0) is 14.8. The normalized spacial score (nSPS) is 18.6. The van der Waals surface area contributed by atoms with Crippen LogP contribution in [0, 0.1) is 0 Å². The molecular formula is C12H21NO4S2. The minimum Gasteiger partial charge on any atom is -0.380 e. The summed E-state index contributed by atoms with van der Waals surface area (Å²) in [6.45, 7) is 0. The first-order chi connectivity index (χ1) is 8.53. The van der Waals surface area contributed by atoms with E-state index in [1.165, 1.54) is 6.08 Å². The van der Waals surface area contributed by atoms with E-state index in [4.69, 9.17) is 0 Å². The highest BCUT2D eigenvalue weighted by Crippen LogP contribution is 2.28. The van der Waals surface area contributed by atoms with Gasteiger partial charge in [-0.1, -0.05) is 0 Å². The third-order valence-corrected chi connectivity index (χ3v) is 5.51. The maximum Gasteiger partial charge on any atom is 0.177 e. The molecule has 1 rings (SSSR count). The monoisotopic (exact) mass is 307 g/mol. The van der Waals surface area contributed by atoms with E-state index >= 15 is 0 Å². The highest BCUT2D eigenvalue weighted by Gasteiger charge is 2.22. The van der Waals surface area contributed by atoms with Crippen LogP contribution in [0.4, 0.5) is 0 Å². The van der Waals surface area contributed by atoms with Crippen LogP contribution in [0.5, 0.6) is 0 Å². The van der Waals surface area contributed by atoms with Crippen LogP contribution in [-0.4, -0.2) is 48.3 Å². The zero-order valence-corrected chi connectivity index (χ0v) is 13.4. The molecule has 0 bridgehead atoms. The molecular weight excluding hydrogens is 286 g/mol. The van der Waals surface area contributed by atoms with E-state index in [9.17, 15) is 16.8 Å². The molecule has 0 saturated heterocycles. The third-order valence-electron chi connectivity index (χ3n) is 3.08. The van der Waals surface area contributed by atoms with Crippen molar-refractivity contribution in [2.24, 2.45) is 0 Å². The van der Waals surface area contributed by atoms with Crippen molar-refractivity contribution in [2.45, 2.75) is 25.7 Å². The van der Waals surface area contributed by atoms with Crippen molar-refractivity contribution in [3.8, 4) is 0 Å². The van der Waals surface area contributed by atoms with Crippen molar-refractivity contribution in [1.29, 1.82) is 0 Å². The maximum absolute atomic E-state index is 11.9. The Balaban J connectivity index is 3.58. The summed E-state index contributed by atoms with van der Waals surface area (Å²) in [5, 5.41) is 0. The fraction of sp³-hybridized carbons (Fsp3) is 0.667. The third kappa shape index (κ3) is 4.35. The molecule has 1 aliphatic rings. The van der Waals surface area contributed by atoms with Crippen molar-refractivity contribution in [3.05, 3.63) is 21.6 Å². The van der Waals surface area contributed by atoms with Gasteiger partial charge in [-0.3, -0.25) is 0 Å². The average Bonchev–Trinajstić information content (AvgIpc) is 2.11. The molecule has 0 aromatic heterocycles. The van der Waals surface area contributed by atoms with Gasteiger partial charge in [0.15, 0.2) is 19.7 Å². The van der Waals surface area contributed by atoms with Gasteiger partial charge < -0.3 is 4.90 Å². The van der Waals surface area contributed by atoms with E-state index in [1.807, 2.05) is 0 Å². The highest BCUT2D eigenvalue weighted by atomic mass is 32.2. The van der Waals surface area contributed by atoms with Crippen LogP contribution < -0.4 is 0 Å². The summed E-state index contributed by atoms with van der Waals surface area (Å²) < 4.78 is 47.2. The molecule has 7 heteroatoms. The van der Waals surface area contributed by atoms with Gasteiger partial charge in [0.05, 0.1) is 4.91 Å².